The summed E-state index contributed by atoms with van der Waals surface area (Å²) in [5, 5.41) is 18.2. The van der Waals surface area contributed by atoms with Crippen molar-refractivity contribution in [3.05, 3.63) is 48.5 Å². The highest BCUT2D eigenvalue weighted by atomic mass is 16.3. The minimum Gasteiger partial charge on any atom is -0.391 e. The maximum Gasteiger partial charge on any atom is 0.0932 e. The van der Waals surface area contributed by atoms with Crippen molar-refractivity contribution in [2.75, 3.05) is 0 Å². The first-order valence-corrected chi connectivity index (χ1v) is 8.16. The summed E-state index contributed by atoms with van der Waals surface area (Å²) in [4.78, 5) is 4.27. The molecule has 0 aromatic carbocycles. The molecule has 2 aromatic rings. The third-order valence-electron chi connectivity index (χ3n) is 5.19. The third kappa shape index (κ3) is 2.44. The van der Waals surface area contributed by atoms with Gasteiger partial charge in [0.25, 0.3) is 0 Å². The molecular weight excluding hydrogens is 276 g/mol. The molecule has 4 rings (SSSR count). The fourth-order valence-electron chi connectivity index (χ4n) is 3.66. The summed E-state index contributed by atoms with van der Waals surface area (Å²) in [6.45, 7) is 0. The lowest BCUT2D eigenvalue weighted by Crippen LogP contribution is -2.56. The first kappa shape index (κ1) is 13.9. The van der Waals surface area contributed by atoms with Gasteiger partial charge in [-0.05, 0) is 42.9 Å². The number of nitrogens with one attached hydrogen (secondary N) is 1. The molecule has 0 bridgehead atoms. The molecule has 0 aliphatic heterocycles. The zero-order chi connectivity index (χ0) is 14.9. The van der Waals surface area contributed by atoms with Gasteiger partial charge in [0.05, 0.1) is 12.1 Å². The van der Waals surface area contributed by atoms with Crippen molar-refractivity contribution < 1.29 is 5.11 Å². The second-order valence-electron chi connectivity index (χ2n) is 6.51. The number of rotatable bonds is 5. The van der Waals surface area contributed by atoms with Gasteiger partial charge in [-0.1, -0.05) is 12.5 Å². The summed E-state index contributed by atoms with van der Waals surface area (Å²) in [7, 11) is 0. The standard InChI is InChI=1S/C17H22N4O/c22-15-10-14(17(15)21-9-3-8-19-21)20-16(12-4-1-5-12)13-6-2-7-18-11-13/h2-3,6-9,11-12,14-17,20,22H,1,4-5,10H2/t14-,15+,16?,17+/m0/s1. The molecule has 2 N–H and O–H groups in total. The molecule has 0 radical (unpaired) electrons. The third-order valence-corrected chi connectivity index (χ3v) is 5.19. The quantitative estimate of drug-likeness (QED) is 0.887. The Balaban J connectivity index is 1.52. The lowest BCUT2D eigenvalue weighted by atomic mass is 9.75. The number of hydrogen-bond donors (Lipinski definition) is 2. The molecule has 0 amide bonds. The van der Waals surface area contributed by atoms with E-state index in [-0.39, 0.29) is 18.2 Å². The van der Waals surface area contributed by atoms with E-state index in [1.165, 1.54) is 24.8 Å². The molecule has 22 heavy (non-hydrogen) atoms. The monoisotopic (exact) mass is 298 g/mol. The molecular formula is C17H22N4O. The summed E-state index contributed by atoms with van der Waals surface area (Å²) < 4.78 is 1.88. The van der Waals surface area contributed by atoms with Gasteiger partial charge in [0.1, 0.15) is 0 Å². The van der Waals surface area contributed by atoms with Gasteiger partial charge in [0, 0.05) is 36.9 Å². The molecule has 2 fully saturated rings. The van der Waals surface area contributed by atoms with Crippen molar-refractivity contribution in [2.45, 2.75) is 49.9 Å². The molecule has 2 aromatic heterocycles. The minimum atomic E-state index is -0.312. The number of aliphatic hydroxyl groups excluding tert-OH is 1. The molecule has 5 nitrogen and oxygen atoms in total. The van der Waals surface area contributed by atoms with E-state index in [2.05, 4.69) is 21.5 Å². The number of pyridine rings is 1. The Morgan fingerprint density at radius 3 is 2.77 bits per heavy atom. The van der Waals surface area contributed by atoms with Crippen molar-refractivity contribution in [3.8, 4) is 0 Å². The van der Waals surface area contributed by atoms with Crippen molar-refractivity contribution >= 4 is 0 Å². The Morgan fingerprint density at radius 2 is 2.18 bits per heavy atom. The van der Waals surface area contributed by atoms with E-state index < -0.39 is 0 Å². The number of aromatic nitrogens is 3. The van der Waals surface area contributed by atoms with Gasteiger partial charge in [-0.3, -0.25) is 9.67 Å². The summed E-state index contributed by atoms with van der Waals surface area (Å²) >= 11 is 0. The fourth-order valence-corrected chi connectivity index (χ4v) is 3.66. The summed E-state index contributed by atoms with van der Waals surface area (Å²) in [6.07, 6.45) is 11.8. The van der Waals surface area contributed by atoms with E-state index in [4.69, 9.17) is 0 Å². The highest BCUT2D eigenvalue weighted by Gasteiger charge is 2.44. The van der Waals surface area contributed by atoms with Crippen LogP contribution in [0.3, 0.4) is 0 Å². The molecule has 0 spiro atoms. The van der Waals surface area contributed by atoms with E-state index in [9.17, 15) is 5.11 Å². The minimum absolute atomic E-state index is 0.0363. The van der Waals surface area contributed by atoms with E-state index in [0.29, 0.717) is 12.0 Å². The number of nitrogens with zero attached hydrogens (tertiary/aromatic N) is 3. The fraction of sp³-hybridized carbons (Fsp3) is 0.529. The zero-order valence-electron chi connectivity index (χ0n) is 12.5. The Bertz CT molecular complexity index is 596. The van der Waals surface area contributed by atoms with E-state index in [0.717, 1.165) is 6.42 Å². The van der Waals surface area contributed by atoms with Crippen LogP contribution in [0.5, 0.6) is 0 Å². The van der Waals surface area contributed by atoms with Gasteiger partial charge in [-0.25, -0.2) is 0 Å². The van der Waals surface area contributed by atoms with Gasteiger partial charge in [0.2, 0.25) is 0 Å². The van der Waals surface area contributed by atoms with Crippen LogP contribution in [0.1, 0.15) is 43.3 Å². The summed E-state index contributed by atoms with van der Waals surface area (Å²) in [5.74, 6) is 0.681. The van der Waals surface area contributed by atoms with Crippen molar-refractivity contribution in [1.82, 2.24) is 20.1 Å². The van der Waals surface area contributed by atoms with E-state index >= 15 is 0 Å². The van der Waals surface area contributed by atoms with Crippen LogP contribution in [-0.4, -0.2) is 32.0 Å². The molecule has 2 aliphatic rings. The lowest BCUT2D eigenvalue weighted by Gasteiger charge is -2.46. The molecule has 2 aliphatic carbocycles. The maximum absolute atomic E-state index is 10.1. The molecule has 116 valence electrons. The van der Waals surface area contributed by atoms with Crippen LogP contribution >= 0.6 is 0 Å². The Kier molecular flexibility index (Phi) is 3.68. The van der Waals surface area contributed by atoms with Gasteiger partial charge in [-0.2, -0.15) is 5.10 Å². The summed E-state index contributed by atoms with van der Waals surface area (Å²) in [5.41, 5.74) is 1.26. The number of hydrogen-bond acceptors (Lipinski definition) is 4. The SMILES string of the molecule is O[C@@H]1C[C@H](NC(c2cccnc2)C2CCC2)[C@H]1n1cccn1. The highest BCUT2D eigenvalue weighted by Crippen LogP contribution is 2.41. The molecule has 4 atom stereocenters. The smallest absolute Gasteiger partial charge is 0.0932 e. The molecule has 2 heterocycles. The van der Waals surface area contributed by atoms with Gasteiger partial charge < -0.3 is 10.4 Å². The van der Waals surface area contributed by atoms with Crippen LogP contribution in [0.4, 0.5) is 0 Å². The first-order valence-electron chi connectivity index (χ1n) is 8.16. The van der Waals surface area contributed by atoms with Crippen molar-refractivity contribution in [1.29, 1.82) is 0 Å². The predicted molar refractivity (Wildman–Crippen MR) is 83.1 cm³/mol. The Labute approximate surface area is 130 Å². The first-order chi connectivity index (χ1) is 10.8. The van der Waals surface area contributed by atoms with Gasteiger partial charge in [-0.15, -0.1) is 0 Å². The van der Waals surface area contributed by atoms with Crippen LogP contribution in [-0.2, 0) is 0 Å². The lowest BCUT2D eigenvalue weighted by molar-refractivity contribution is -0.0170. The molecule has 2 saturated carbocycles. The summed E-state index contributed by atoms with van der Waals surface area (Å²) in [6, 6.07) is 6.70. The van der Waals surface area contributed by atoms with Gasteiger partial charge >= 0.3 is 0 Å². The van der Waals surface area contributed by atoms with E-state index in [1.54, 1.807) is 6.20 Å². The number of aliphatic hydroxyl groups is 1. The predicted octanol–water partition coefficient (Wildman–Crippen LogP) is 2.08. The van der Waals surface area contributed by atoms with Crippen molar-refractivity contribution in [3.63, 3.8) is 0 Å². The molecule has 1 unspecified atom stereocenters. The van der Waals surface area contributed by atoms with Crippen LogP contribution in [0.2, 0.25) is 0 Å². The largest absolute Gasteiger partial charge is 0.391 e. The Hall–Kier alpha value is -1.72. The average Bonchev–Trinajstić information content (AvgIpc) is 2.98. The van der Waals surface area contributed by atoms with Crippen LogP contribution in [0.25, 0.3) is 0 Å². The van der Waals surface area contributed by atoms with Crippen LogP contribution in [0.15, 0.2) is 43.0 Å². The van der Waals surface area contributed by atoms with Gasteiger partial charge in [0.15, 0.2) is 0 Å². The maximum atomic E-state index is 10.1. The van der Waals surface area contributed by atoms with Crippen molar-refractivity contribution in [2.24, 2.45) is 5.92 Å². The van der Waals surface area contributed by atoms with Crippen LogP contribution in [0, 0.1) is 5.92 Å². The Morgan fingerprint density at radius 1 is 1.27 bits per heavy atom. The molecule has 5 heteroatoms. The van der Waals surface area contributed by atoms with E-state index in [1.807, 2.05) is 35.4 Å². The second-order valence-corrected chi connectivity index (χ2v) is 6.51. The second kappa shape index (κ2) is 5.82. The molecule has 0 saturated heterocycles. The normalized spacial score (nSPS) is 29.6. The van der Waals surface area contributed by atoms with Crippen LogP contribution < -0.4 is 5.32 Å². The topological polar surface area (TPSA) is 63.0 Å². The highest BCUT2D eigenvalue weighted by molar-refractivity contribution is 5.17. The zero-order valence-corrected chi connectivity index (χ0v) is 12.5. The average molecular weight is 298 g/mol.